The Morgan fingerprint density at radius 2 is 2.04 bits per heavy atom. The van der Waals surface area contributed by atoms with Gasteiger partial charge in [0.15, 0.2) is 12.1 Å². The number of benzene rings is 1. The molecule has 3 rings (SSSR count). The number of hydrogen-bond donors (Lipinski definition) is 1. The average molecular weight is 341 g/mol. The first-order valence-corrected chi connectivity index (χ1v) is 9.04. The lowest BCUT2D eigenvalue weighted by Crippen LogP contribution is -2.42. The molecule has 1 aromatic carbocycles. The second-order valence-corrected chi connectivity index (χ2v) is 7.06. The third-order valence-corrected chi connectivity index (χ3v) is 5.22. The Bertz CT molecular complexity index is 717. The van der Waals surface area contributed by atoms with E-state index in [2.05, 4.69) is 53.3 Å². The molecule has 0 aliphatic carbocycles. The van der Waals surface area contributed by atoms with Gasteiger partial charge in [-0.1, -0.05) is 31.2 Å². The van der Waals surface area contributed by atoms with E-state index in [0.29, 0.717) is 18.0 Å². The Morgan fingerprint density at radius 3 is 2.68 bits per heavy atom. The van der Waals surface area contributed by atoms with Crippen molar-refractivity contribution in [2.24, 2.45) is 5.92 Å². The lowest BCUT2D eigenvalue weighted by atomic mass is 9.94. The van der Waals surface area contributed by atoms with Gasteiger partial charge in [-0.15, -0.1) is 0 Å². The van der Waals surface area contributed by atoms with Crippen molar-refractivity contribution in [3.8, 4) is 0 Å². The quantitative estimate of drug-likeness (QED) is 0.904. The molecule has 0 radical (unpaired) electrons. The fourth-order valence-corrected chi connectivity index (χ4v) is 3.53. The van der Waals surface area contributed by atoms with E-state index in [0.717, 1.165) is 19.0 Å². The minimum Gasteiger partial charge on any atom is -0.448 e. The Kier molecular flexibility index (Phi) is 5.53. The zero-order valence-electron chi connectivity index (χ0n) is 15.3. The summed E-state index contributed by atoms with van der Waals surface area (Å²) in [5.41, 5.74) is 2.92. The van der Waals surface area contributed by atoms with Gasteiger partial charge in [-0.05, 0) is 56.8 Å². The van der Waals surface area contributed by atoms with Crippen LogP contribution in [0, 0.1) is 19.8 Å². The summed E-state index contributed by atoms with van der Waals surface area (Å²) in [5, 5.41) is 3.06. The zero-order valence-corrected chi connectivity index (χ0v) is 15.3. The van der Waals surface area contributed by atoms with Crippen LogP contribution < -0.4 is 5.32 Å². The van der Waals surface area contributed by atoms with E-state index in [4.69, 9.17) is 4.42 Å². The summed E-state index contributed by atoms with van der Waals surface area (Å²) in [4.78, 5) is 18.9. The molecule has 5 heteroatoms. The highest BCUT2D eigenvalue weighted by atomic mass is 16.3. The molecule has 1 atom stereocenters. The molecule has 1 fully saturated rings. The molecule has 0 saturated carbocycles. The van der Waals surface area contributed by atoms with Crippen LogP contribution in [0.5, 0.6) is 0 Å². The fraction of sp³-hybridized carbons (Fsp3) is 0.500. The van der Waals surface area contributed by atoms with E-state index in [-0.39, 0.29) is 11.9 Å². The zero-order chi connectivity index (χ0) is 17.8. The highest BCUT2D eigenvalue weighted by Crippen LogP contribution is 2.28. The molecular weight excluding hydrogens is 314 g/mol. The number of piperidine rings is 1. The van der Waals surface area contributed by atoms with Crippen molar-refractivity contribution in [1.29, 1.82) is 0 Å². The van der Waals surface area contributed by atoms with Crippen molar-refractivity contribution in [2.45, 2.75) is 39.7 Å². The molecular formula is C20H27N3O2. The van der Waals surface area contributed by atoms with E-state index in [1.54, 1.807) is 6.92 Å². The molecule has 2 aromatic rings. The smallest absolute Gasteiger partial charge is 0.273 e. The van der Waals surface area contributed by atoms with E-state index in [9.17, 15) is 4.79 Å². The second-order valence-electron chi connectivity index (χ2n) is 7.06. The van der Waals surface area contributed by atoms with Crippen molar-refractivity contribution in [2.75, 3.05) is 19.6 Å². The summed E-state index contributed by atoms with van der Waals surface area (Å²) in [6.45, 7) is 8.92. The highest BCUT2D eigenvalue weighted by molar-refractivity contribution is 5.93. The molecule has 1 aromatic heterocycles. The van der Waals surface area contributed by atoms with Crippen molar-refractivity contribution in [1.82, 2.24) is 15.2 Å². The number of carbonyl (C=O) groups is 1. The Morgan fingerprint density at radius 1 is 1.32 bits per heavy atom. The number of nitrogens with zero attached hydrogens (tertiary/aromatic N) is 2. The van der Waals surface area contributed by atoms with E-state index in [1.165, 1.54) is 30.4 Å². The lowest BCUT2D eigenvalue weighted by molar-refractivity contribution is 0.0907. The minimum atomic E-state index is -0.171. The Balaban J connectivity index is 1.76. The molecule has 1 saturated heterocycles. The van der Waals surface area contributed by atoms with Crippen LogP contribution in [0.1, 0.15) is 53.2 Å². The summed E-state index contributed by atoms with van der Waals surface area (Å²) in [6.07, 6.45) is 3.73. The number of rotatable bonds is 5. The first-order chi connectivity index (χ1) is 12.1. The minimum absolute atomic E-state index is 0.171. The van der Waals surface area contributed by atoms with Crippen LogP contribution in [0.15, 0.2) is 35.1 Å². The molecule has 134 valence electrons. The molecule has 2 heterocycles. The van der Waals surface area contributed by atoms with Gasteiger partial charge in [-0.25, -0.2) is 4.98 Å². The second kappa shape index (κ2) is 7.83. The highest BCUT2D eigenvalue weighted by Gasteiger charge is 2.26. The molecule has 0 bridgehead atoms. The van der Waals surface area contributed by atoms with Crippen LogP contribution >= 0.6 is 0 Å². The van der Waals surface area contributed by atoms with Crippen LogP contribution in [0.4, 0.5) is 0 Å². The molecule has 1 N–H and O–H groups in total. The maximum Gasteiger partial charge on any atom is 0.273 e. The molecule has 5 nitrogen and oxygen atoms in total. The van der Waals surface area contributed by atoms with Crippen LogP contribution in [-0.4, -0.2) is 35.4 Å². The number of amides is 1. The van der Waals surface area contributed by atoms with Crippen molar-refractivity contribution in [3.63, 3.8) is 0 Å². The number of nitrogens with one attached hydrogen (secondary N) is 1. The van der Waals surface area contributed by atoms with Gasteiger partial charge >= 0.3 is 0 Å². The summed E-state index contributed by atoms with van der Waals surface area (Å²) < 4.78 is 5.14. The molecule has 0 spiro atoms. The van der Waals surface area contributed by atoms with Gasteiger partial charge < -0.3 is 9.73 Å². The van der Waals surface area contributed by atoms with Gasteiger partial charge in [0.2, 0.25) is 0 Å². The number of aromatic nitrogens is 1. The number of likely N-dealkylation sites (tertiary alicyclic amines) is 1. The standard InChI is InChI=1S/C20H27N3O2/c1-14-8-10-23(11-9-14)18(17-7-5-4-6-15(17)2)12-21-20(24)19-16(3)25-13-22-19/h4-7,13-14,18H,8-12H2,1-3H3,(H,21,24)/t18-/m1/s1. The van der Waals surface area contributed by atoms with E-state index in [1.807, 2.05) is 0 Å². The first kappa shape index (κ1) is 17.7. The Labute approximate surface area is 149 Å². The van der Waals surface area contributed by atoms with Gasteiger partial charge in [0, 0.05) is 6.54 Å². The normalized spacial score (nSPS) is 17.4. The topological polar surface area (TPSA) is 58.4 Å². The number of hydrogen-bond acceptors (Lipinski definition) is 4. The third kappa shape index (κ3) is 4.10. The summed E-state index contributed by atoms with van der Waals surface area (Å²) in [7, 11) is 0. The summed E-state index contributed by atoms with van der Waals surface area (Å²) in [5.74, 6) is 1.16. The predicted octanol–water partition coefficient (Wildman–Crippen LogP) is 3.49. The van der Waals surface area contributed by atoms with Gasteiger partial charge in [-0.3, -0.25) is 9.69 Å². The SMILES string of the molecule is Cc1ccccc1[C@@H](CNC(=O)c1ncoc1C)N1CCC(C)CC1. The van der Waals surface area contributed by atoms with Crippen LogP contribution in [0.3, 0.4) is 0 Å². The predicted molar refractivity (Wildman–Crippen MR) is 97.5 cm³/mol. The third-order valence-electron chi connectivity index (χ3n) is 5.22. The van der Waals surface area contributed by atoms with Crippen LogP contribution in [0.25, 0.3) is 0 Å². The van der Waals surface area contributed by atoms with Crippen molar-refractivity contribution >= 4 is 5.91 Å². The summed E-state index contributed by atoms with van der Waals surface area (Å²) >= 11 is 0. The maximum absolute atomic E-state index is 12.4. The molecule has 25 heavy (non-hydrogen) atoms. The van der Waals surface area contributed by atoms with Gasteiger partial charge in [0.1, 0.15) is 5.76 Å². The fourth-order valence-electron chi connectivity index (χ4n) is 3.53. The lowest BCUT2D eigenvalue weighted by Gasteiger charge is -2.37. The number of aryl methyl sites for hydroxylation is 2. The van der Waals surface area contributed by atoms with Crippen molar-refractivity contribution < 1.29 is 9.21 Å². The van der Waals surface area contributed by atoms with Gasteiger partial charge in [-0.2, -0.15) is 0 Å². The van der Waals surface area contributed by atoms with Crippen molar-refractivity contribution in [3.05, 3.63) is 53.2 Å². The Hall–Kier alpha value is -2.14. The monoisotopic (exact) mass is 341 g/mol. The summed E-state index contributed by atoms with van der Waals surface area (Å²) in [6, 6.07) is 8.63. The average Bonchev–Trinajstić information content (AvgIpc) is 3.04. The van der Waals surface area contributed by atoms with Gasteiger partial charge in [0.05, 0.1) is 6.04 Å². The molecule has 1 amide bonds. The maximum atomic E-state index is 12.4. The largest absolute Gasteiger partial charge is 0.448 e. The van der Waals surface area contributed by atoms with Gasteiger partial charge in [0.25, 0.3) is 5.91 Å². The van der Waals surface area contributed by atoms with Crippen LogP contribution in [-0.2, 0) is 0 Å². The number of carbonyl (C=O) groups excluding carboxylic acids is 1. The molecule has 1 aliphatic heterocycles. The van der Waals surface area contributed by atoms with E-state index >= 15 is 0 Å². The van der Waals surface area contributed by atoms with E-state index < -0.39 is 0 Å². The van der Waals surface area contributed by atoms with Crippen LogP contribution in [0.2, 0.25) is 0 Å². The molecule has 0 unspecified atom stereocenters. The first-order valence-electron chi connectivity index (χ1n) is 9.04. The number of oxazole rings is 1. The molecule has 1 aliphatic rings.